The fraction of sp³-hybridized carbons (Fsp3) is 0.471. The first-order chi connectivity index (χ1) is 10.9. The molecule has 0 radical (unpaired) electrons. The molecular weight excluding hydrogens is 298 g/mol. The lowest BCUT2D eigenvalue weighted by molar-refractivity contribution is -0.156. The first-order valence-electron chi connectivity index (χ1n) is 7.66. The van der Waals surface area contributed by atoms with Crippen LogP contribution in [0.3, 0.4) is 0 Å². The second-order valence-corrected chi connectivity index (χ2v) is 5.71. The SMILES string of the molecule is CCOC(=O)[C@](C)(CCc1ccccc1)N1C(=O)OC(=O)[C@@H]1C. The average molecular weight is 319 g/mol. The molecule has 6 nitrogen and oxygen atoms in total. The molecule has 0 aliphatic carbocycles. The zero-order chi connectivity index (χ0) is 17.0. The van der Waals surface area contributed by atoms with Crippen molar-refractivity contribution in [3.05, 3.63) is 35.9 Å². The first kappa shape index (κ1) is 17.0. The lowest BCUT2D eigenvalue weighted by atomic mass is 9.90. The lowest BCUT2D eigenvalue weighted by Gasteiger charge is -2.36. The van der Waals surface area contributed by atoms with Gasteiger partial charge in [0.2, 0.25) is 0 Å². The van der Waals surface area contributed by atoms with Crippen LogP contribution in [0.1, 0.15) is 32.8 Å². The number of ether oxygens (including phenoxy) is 2. The third kappa shape index (κ3) is 3.36. The van der Waals surface area contributed by atoms with Gasteiger partial charge in [0.05, 0.1) is 6.61 Å². The molecule has 1 aromatic rings. The number of aryl methyl sites for hydroxylation is 1. The van der Waals surface area contributed by atoms with Crippen LogP contribution in [0.2, 0.25) is 0 Å². The molecule has 1 aromatic carbocycles. The Labute approximate surface area is 135 Å². The number of amides is 1. The number of benzene rings is 1. The van der Waals surface area contributed by atoms with Gasteiger partial charge in [-0.3, -0.25) is 4.90 Å². The number of rotatable bonds is 6. The van der Waals surface area contributed by atoms with Crippen molar-refractivity contribution in [3.8, 4) is 0 Å². The Bertz CT molecular complexity index is 600. The maximum atomic E-state index is 12.5. The molecule has 1 saturated heterocycles. The van der Waals surface area contributed by atoms with E-state index in [4.69, 9.17) is 4.74 Å². The van der Waals surface area contributed by atoms with Gasteiger partial charge < -0.3 is 9.47 Å². The molecule has 1 amide bonds. The van der Waals surface area contributed by atoms with Crippen molar-refractivity contribution in [1.82, 2.24) is 4.90 Å². The molecule has 6 heteroatoms. The van der Waals surface area contributed by atoms with Gasteiger partial charge in [-0.05, 0) is 39.2 Å². The van der Waals surface area contributed by atoms with Crippen molar-refractivity contribution in [2.24, 2.45) is 0 Å². The van der Waals surface area contributed by atoms with Gasteiger partial charge in [0.1, 0.15) is 11.6 Å². The van der Waals surface area contributed by atoms with Crippen LogP contribution in [0.4, 0.5) is 4.79 Å². The van der Waals surface area contributed by atoms with Crippen LogP contribution >= 0.6 is 0 Å². The summed E-state index contributed by atoms with van der Waals surface area (Å²) in [5.41, 5.74) is -0.219. The molecule has 0 saturated carbocycles. The number of carbonyl (C=O) groups is 3. The summed E-state index contributed by atoms with van der Waals surface area (Å²) in [4.78, 5) is 37.4. The minimum atomic E-state index is -1.26. The highest BCUT2D eigenvalue weighted by Gasteiger charge is 2.52. The predicted octanol–water partition coefficient (Wildman–Crippen LogP) is 2.31. The van der Waals surface area contributed by atoms with Crippen molar-refractivity contribution in [3.63, 3.8) is 0 Å². The molecule has 1 heterocycles. The summed E-state index contributed by atoms with van der Waals surface area (Å²) in [6.07, 6.45) is 0.106. The van der Waals surface area contributed by atoms with E-state index < -0.39 is 29.6 Å². The van der Waals surface area contributed by atoms with E-state index in [1.807, 2.05) is 30.3 Å². The van der Waals surface area contributed by atoms with E-state index in [0.29, 0.717) is 12.8 Å². The first-order valence-corrected chi connectivity index (χ1v) is 7.66. The van der Waals surface area contributed by atoms with Gasteiger partial charge in [-0.1, -0.05) is 30.3 Å². The van der Waals surface area contributed by atoms with Gasteiger partial charge in [0.15, 0.2) is 0 Å². The van der Waals surface area contributed by atoms with Gasteiger partial charge in [-0.25, -0.2) is 14.4 Å². The van der Waals surface area contributed by atoms with E-state index in [2.05, 4.69) is 4.74 Å². The van der Waals surface area contributed by atoms with Crippen molar-refractivity contribution in [2.45, 2.75) is 45.2 Å². The molecule has 2 rings (SSSR count). The number of cyclic esters (lactones) is 2. The zero-order valence-electron chi connectivity index (χ0n) is 13.6. The number of hydrogen-bond donors (Lipinski definition) is 0. The normalized spacial score (nSPS) is 20.1. The van der Waals surface area contributed by atoms with Gasteiger partial charge in [0, 0.05) is 0 Å². The van der Waals surface area contributed by atoms with Crippen molar-refractivity contribution in [2.75, 3.05) is 6.61 Å². The van der Waals surface area contributed by atoms with E-state index in [0.717, 1.165) is 5.56 Å². The molecule has 0 unspecified atom stereocenters. The third-order valence-electron chi connectivity index (χ3n) is 4.10. The van der Waals surface area contributed by atoms with Crippen molar-refractivity contribution in [1.29, 1.82) is 0 Å². The molecular formula is C17H21NO5. The summed E-state index contributed by atoms with van der Waals surface area (Å²) < 4.78 is 9.79. The molecule has 1 aliphatic heterocycles. The van der Waals surface area contributed by atoms with E-state index >= 15 is 0 Å². The lowest BCUT2D eigenvalue weighted by Crippen LogP contribution is -2.57. The van der Waals surface area contributed by atoms with Crippen LogP contribution in [0.5, 0.6) is 0 Å². The maximum absolute atomic E-state index is 12.5. The molecule has 0 N–H and O–H groups in total. The summed E-state index contributed by atoms with van der Waals surface area (Å²) in [7, 11) is 0. The highest BCUT2D eigenvalue weighted by Crippen LogP contribution is 2.30. The van der Waals surface area contributed by atoms with Gasteiger partial charge >= 0.3 is 18.0 Å². The highest BCUT2D eigenvalue weighted by atomic mass is 16.6. The number of esters is 2. The minimum Gasteiger partial charge on any atom is -0.464 e. The Balaban J connectivity index is 2.27. The zero-order valence-corrected chi connectivity index (χ0v) is 13.6. The Morgan fingerprint density at radius 1 is 1.30 bits per heavy atom. The average Bonchev–Trinajstić information content (AvgIpc) is 2.79. The monoisotopic (exact) mass is 319 g/mol. The second kappa shape index (κ2) is 6.81. The minimum absolute atomic E-state index is 0.199. The Kier molecular flexibility index (Phi) is 5.03. The number of hydrogen-bond acceptors (Lipinski definition) is 5. The van der Waals surface area contributed by atoms with Gasteiger partial charge in [-0.2, -0.15) is 0 Å². The van der Waals surface area contributed by atoms with Crippen LogP contribution in [0.15, 0.2) is 30.3 Å². The molecule has 0 spiro atoms. The molecule has 124 valence electrons. The molecule has 0 aromatic heterocycles. The molecule has 1 aliphatic rings. The Hall–Kier alpha value is -2.37. The predicted molar refractivity (Wildman–Crippen MR) is 82.6 cm³/mol. The molecule has 23 heavy (non-hydrogen) atoms. The topological polar surface area (TPSA) is 72.9 Å². The van der Waals surface area contributed by atoms with E-state index in [1.54, 1.807) is 20.8 Å². The fourth-order valence-electron chi connectivity index (χ4n) is 2.75. The quantitative estimate of drug-likeness (QED) is 0.594. The Morgan fingerprint density at radius 3 is 2.48 bits per heavy atom. The van der Waals surface area contributed by atoms with Crippen LogP contribution in [-0.4, -0.2) is 41.1 Å². The summed E-state index contributed by atoms with van der Waals surface area (Å²) in [5.74, 6) is -1.18. The van der Waals surface area contributed by atoms with Gasteiger partial charge in [0.25, 0.3) is 0 Å². The summed E-state index contributed by atoms with van der Waals surface area (Å²) in [6.45, 7) is 5.06. The van der Waals surface area contributed by atoms with Crippen LogP contribution in [-0.2, 0) is 25.5 Å². The van der Waals surface area contributed by atoms with E-state index in [1.165, 1.54) is 4.90 Å². The number of nitrogens with zero attached hydrogens (tertiary/aromatic N) is 1. The van der Waals surface area contributed by atoms with Crippen LogP contribution < -0.4 is 0 Å². The van der Waals surface area contributed by atoms with Crippen LogP contribution in [0, 0.1) is 0 Å². The largest absolute Gasteiger partial charge is 0.464 e. The molecule has 0 bridgehead atoms. The molecule has 1 fully saturated rings. The third-order valence-corrected chi connectivity index (χ3v) is 4.10. The standard InChI is InChI=1S/C17H21NO5/c1-4-22-15(20)17(3,11-10-13-8-6-5-7-9-13)18-12(2)14(19)23-16(18)21/h5-9,12H,4,10-11H2,1-3H3/t12-,17-/m0/s1. The number of carbonyl (C=O) groups excluding carboxylic acids is 3. The van der Waals surface area contributed by atoms with Crippen LogP contribution in [0.25, 0.3) is 0 Å². The summed E-state index contributed by atoms with van der Waals surface area (Å²) >= 11 is 0. The summed E-state index contributed by atoms with van der Waals surface area (Å²) in [5, 5.41) is 0. The van der Waals surface area contributed by atoms with Crippen molar-refractivity contribution < 1.29 is 23.9 Å². The summed E-state index contributed by atoms with van der Waals surface area (Å²) in [6, 6.07) is 8.81. The highest BCUT2D eigenvalue weighted by molar-refractivity contribution is 5.98. The van der Waals surface area contributed by atoms with Crippen molar-refractivity contribution >= 4 is 18.0 Å². The van der Waals surface area contributed by atoms with Gasteiger partial charge in [-0.15, -0.1) is 0 Å². The smallest absolute Gasteiger partial charge is 0.419 e. The maximum Gasteiger partial charge on any atom is 0.419 e. The van der Waals surface area contributed by atoms with E-state index in [-0.39, 0.29) is 6.61 Å². The molecule has 2 atom stereocenters. The Morgan fingerprint density at radius 2 is 1.96 bits per heavy atom. The fourth-order valence-corrected chi connectivity index (χ4v) is 2.75. The second-order valence-electron chi connectivity index (χ2n) is 5.71. The van der Waals surface area contributed by atoms with E-state index in [9.17, 15) is 14.4 Å².